The molecule has 0 radical (unpaired) electrons. The lowest BCUT2D eigenvalue weighted by atomic mass is 10.1. The topological polar surface area (TPSA) is 51.6 Å². The van der Waals surface area contributed by atoms with E-state index in [1.54, 1.807) is 22.9 Å². The van der Waals surface area contributed by atoms with Crippen molar-refractivity contribution in [1.82, 2.24) is 4.98 Å². The summed E-state index contributed by atoms with van der Waals surface area (Å²) >= 11 is 1.55. The average Bonchev–Trinajstić information content (AvgIpc) is 2.97. The average molecular weight is 249 g/mol. The summed E-state index contributed by atoms with van der Waals surface area (Å²) in [7, 11) is 0. The highest BCUT2D eigenvalue weighted by molar-refractivity contribution is 7.07. The van der Waals surface area contributed by atoms with Gasteiger partial charge < -0.3 is 14.6 Å². The maximum Gasteiger partial charge on any atom is 0.131 e. The Labute approximate surface area is 102 Å². The molecule has 1 unspecified atom stereocenters. The molecule has 1 atom stereocenters. The van der Waals surface area contributed by atoms with Crippen LogP contribution in [0.1, 0.15) is 17.4 Å². The van der Waals surface area contributed by atoms with Crippen molar-refractivity contribution < 1.29 is 14.6 Å². The molecule has 17 heavy (non-hydrogen) atoms. The van der Waals surface area contributed by atoms with E-state index in [0.717, 1.165) is 17.0 Å². The first-order valence-corrected chi connectivity index (χ1v) is 6.22. The van der Waals surface area contributed by atoms with E-state index in [0.29, 0.717) is 19.0 Å². The molecule has 0 aliphatic carbocycles. The molecule has 1 aromatic carbocycles. The van der Waals surface area contributed by atoms with Gasteiger partial charge in [0.05, 0.1) is 11.2 Å². The predicted octanol–water partition coefficient (Wildman–Crippen LogP) is 2.15. The summed E-state index contributed by atoms with van der Waals surface area (Å²) in [5.74, 6) is 1.43. The summed E-state index contributed by atoms with van der Waals surface area (Å²) in [6, 6.07) is 5.48. The van der Waals surface area contributed by atoms with Gasteiger partial charge in [-0.15, -0.1) is 11.3 Å². The van der Waals surface area contributed by atoms with E-state index in [9.17, 15) is 5.11 Å². The fourth-order valence-corrected chi connectivity index (χ4v) is 2.27. The van der Waals surface area contributed by atoms with Crippen molar-refractivity contribution in [2.45, 2.75) is 12.7 Å². The van der Waals surface area contributed by atoms with Gasteiger partial charge in [-0.05, 0) is 12.1 Å². The number of aromatic nitrogens is 1. The number of ether oxygens (including phenoxy) is 2. The normalized spacial score (nSPS) is 17.6. The van der Waals surface area contributed by atoms with E-state index < -0.39 is 6.10 Å². The van der Waals surface area contributed by atoms with E-state index >= 15 is 0 Å². The van der Waals surface area contributed by atoms with Gasteiger partial charge >= 0.3 is 0 Å². The number of hydrogen-bond donors (Lipinski definition) is 1. The Morgan fingerprint density at radius 2 is 2.47 bits per heavy atom. The number of fused-ring (bicyclic) bond motifs is 1. The highest BCUT2D eigenvalue weighted by atomic mass is 32.1. The third-order valence-corrected chi connectivity index (χ3v) is 3.25. The van der Waals surface area contributed by atoms with Crippen molar-refractivity contribution in [3.05, 3.63) is 40.3 Å². The molecule has 0 saturated carbocycles. The molecule has 0 saturated heterocycles. The molecular weight excluding hydrogens is 238 g/mol. The highest BCUT2D eigenvalue weighted by Gasteiger charge is 2.21. The molecule has 5 heteroatoms. The van der Waals surface area contributed by atoms with E-state index in [2.05, 4.69) is 4.98 Å². The molecule has 2 aromatic rings. The zero-order chi connectivity index (χ0) is 11.7. The molecule has 1 N–H and O–H groups in total. The fourth-order valence-electron chi connectivity index (χ4n) is 1.73. The first-order chi connectivity index (χ1) is 8.33. The second kappa shape index (κ2) is 4.35. The smallest absolute Gasteiger partial charge is 0.131 e. The van der Waals surface area contributed by atoms with Crippen molar-refractivity contribution in [2.75, 3.05) is 6.61 Å². The lowest BCUT2D eigenvalue weighted by Crippen LogP contribution is -1.97. The van der Waals surface area contributed by atoms with Crippen LogP contribution in [0.15, 0.2) is 29.1 Å². The van der Waals surface area contributed by atoms with Crippen molar-refractivity contribution >= 4 is 11.3 Å². The van der Waals surface area contributed by atoms with Gasteiger partial charge in [0, 0.05) is 17.0 Å². The lowest BCUT2D eigenvalue weighted by Gasteiger charge is -2.06. The number of benzene rings is 1. The third-order valence-electron chi connectivity index (χ3n) is 2.61. The number of aliphatic hydroxyl groups is 1. The summed E-state index contributed by atoms with van der Waals surface area (Å²) in [5, 5.41) is 11.5. The van der Waals surface area contributed by atoms with Crippen LogP contribution in [-0.2, 0) is 6.61 Å². The molecule has 4 nitrogen and oxygen atoms in total. The van der Waals surface area contributed by atoms with Crippen LogP contribution < -0.4 is 9.47 Å². The van der Waals surface area contributed by atoms with Crippen molar-refractivity contribution in [3.8, 4) is 11.5 Å². The summed E-state index contributed by atoms with van der Waals surface area (Å²) in [4.78, 5) is 4.14. The molecule has 2 heterocycles. The number of aliphatic hydroxyl groups excluding tert-OH is 1. The van der Waals surface area contributed by atoms with Crippen LogP contribution in [0.4, 0.5) is 0 Å². The minimum Gasteiger partial charge on any atom is -0.490 e. The fraction of sp³-hybridized carbons (Fsp3) is 0.250. The minimum atomic E-state index is -0.516. The van der Waals surface area contributed by atoms with Crippen molar-refractivity contribution in [3.63, 3.8) is 0 Å². The molecule has 88 valence electrons. The van der Waals surface area contributed by atoms with Crippen molar-refractivity contribution in [1.29, 1.82) is 0 Å². The second-order valence-electron chi connectivity index (χ2n) is 3.79. The second-order valence-corrected chi connectivity index (χ2v) is 4.51. The van der Waals surface area contributed by atoms with Crippen LogP contribution in [-0.4, -0.2) is 16.7 Å². The Kier molecular flexibility index (Phi) is 2.70. The van der Waals surface area contributed by atoms with E-state index in [4.69, 9.17) is 9.47 Å². The maximum atomic E-state index is 9.58. The van der Waals surface area contributed by atoms with Gasteiger partial charge in [-0.1, -0.05) is 0 Å². The molecule has 1 aliphatic heterocycles. The number of hydrogen-bond acceptors (Lipinski definition) is 5. The Morgan fingerprint density at radius 1 is 1.53 bits per heavy atom. The van der Waals surface area contributed by atoms with Gasteiger partial charge in [0.25, 0.3) is 0 Å². The van der Waals surface area contributed by atoms with Crippen LogP contribution in [0.2, 0.25) is 0 Å². The van der Waals surface area contributed by atoms with Gasteiger partial charge in [0.1, 0.15) is 30.8 Å². The number of nitrogens with zero attached hydrogens (tertiary/aromatic N) is 1. The van der Waals surface area contributed by atoms with Crippen molar-refractivity contribution in [2.24, 2.45) is 0 Å². The summed E-state index contributed by atoms with van der Waals surface area (Å²) < 4.78 is 10.9. The Hall–Kier alpha value is -1.59. The monoisotopic (exact) mass is 249 g/mol. The quantitative estimate of drug-likeness (QED) is 0.905. The summed E-state index contributed by atoms with van der Waals surface area (Å²) in [6.07, 6.45) is -0.516. The van der Waals surface area contributed by atoms with Crippen LogP contribution in [0.5, 0.6) is 11.5 Å². The summed E-state index contributed by atoms with van der Waals surface area (Å²) in [6.45, 7) is 0.774. The first kappa shape index (κ1) is 10.6. The third kappa shape index (κ3) is 2.11. The molecular formula is C12H11NO3S. The van der Waals surface area contributed by atoms with Crippen LogP contribution in [0, 0.1) is 0 Å². The minimum absolute atomic E-state index is 0.324. The Balaban J connectivity index is 1.72. The SMILES string of the molecule is OC1COc2cc(OCc3cscn3)ccc21. The molecule has 3 rings (SSSR count). The Bertz CT molecular complexity index is 512. The van der Waals surface area contributed by atoms with Gasteiger partial charge in [0.2, 0.25) is 0 Å². The van der Waals surface area contributed by atoms with Crippen LogP contribution >= 0.6 is 11.3 Å². The van der Waals surface area contributed by atoms with Gasteiger partial charge in [-0.2, -0.15) is 0 Å². The highest BCUT2D eigenvalue weighted by Crippen LogP contribution is 2.35. The first-order valence-electron chi connectivity index (χ1n) is 5.27. The zero-order valence-electron chi connectivity index (χ0n) is 9.00. The zero-order valence-corrected chi connectivity index (χ0v) is 9.81. The molecule has 0 bridgehead atoms. The van der Waals surface area contributed by atoms with E-state index in [-0.39, 0.29) is 0 Å². The molecule has 0 spiro atoms. The van der Waals surface area contributed by atoms with Gasteiger partial charge in [-0.3, -0.25) is 0 Å². The molecule has 1 aromatic heterocycles. The van der Waals surface area contributed by atoms with E-state index in [1.165, 1.54) is 0 Å². The standard InChI is InChI=1S/C12H11NO3S/c14-11-5-16-12-3-9(1-2-10(11)12)15-4-8-6-17-7-13-8/h1-3,6-7,11,14H,4-5H2. The predicted molar refractivity (Wildman–Crippen MR) is 63.3 cm³/mol. The Morgan fingerprint density at radius 3 is 3.29 bits per heavy atom. The summed E-state index contributed by atoms with van der Waals surface area (Å²) in [5.41, 5.74) is 3.52. The van der Waals surface area contributed by atoms with Crippen LogP contribution in [0.25, 0.3) is 0 Å². The molecule has 0 amide bonds. The van der Waals surface area contributed by atoms with E-state index in [1.807, 2.05) is 17.5 Å². The maximum absolute atomic E-state index is 9.58. The lowest BCUT2D eigenvalue weighted by molar-refractivity contribution is 0.140. The number of thiazole rings is 1. The van der Waals surface area contributed by atoms with Gasteiger partial charge in [-0.25, -0.2) is 4.98 Å². The molecule has 1 aliphatic rings. The largest absolute Gasteiger partial charge is 0.490 e. The van der Waals surface area contributed by atoms with Crippen LogP contribution in [0.3, 0.4) is 0 Å². The molecule has 0 fully saturated rings. The van der Waals surface area contributed by atoms with Gasteiger partial charge in [0.15, 0.2) is 0 Å². The number of rotatable bonds is 3.